The number of benzene rings is 1. The predicted molar refractivity (Wildman–Crippen MR) is 59.7 cm³/mol. The summed E-state index contributed by atoms with van der Waals surface area (Å²) < 4.78 is 26.2. The molecule has 88 valence electrons. The molecule has 0 amide bonds. The second-order valence-corrected chi connectivity index (χ2v) is 3.85. The van der Waals surface area contributed by atoms with E-state index in [1.54, 1.807) is 6.07 Å². The normalized spacial score (nSPS) is 12.5. The largest absolute Gasteiger partial charge is 0.382 e. The fourth-order valence-electron chi connectivity index (χ4n) is 1.47. The molecule has 0 saturated heterocycles. The molecule has 1 aromatic heterocycles. The highest BCUT2D eigenvalue weighted by molar-refractivity contribution is 6.31. The monoisotopic (exact) mass is 255 g/mol. The second kappa shape index (κ2) is 4.77. The SMILES string of the molecule is OC(c1ccc(F)cc1F)c1ncccc1Cl. The van der Waals surface area contributed by atoms with Gasteiger partial charge in [0.2, 0.25) is 0 Å². The average Bonchev–Trinajstić information content (AvgIpc) is 2.29. The molecule has 0 fully saturated rings. The van der Waals surface area contributed by atoms with E-state index < -0.39 is 17.7 Å². The van der Waals surface area contributed by atoms with Gasteiger partial charge in [-0.1, -0.05) is 17.7 Å². The van der Waals surface area contributed by atoms with Crippen molar-refractivity contribution in [3.05, 3.63) is 64.4 Å². The first-order chi connectivity index (χ1) is 8.09. The molecular weight excluding hydrogens is 248 g/mol. The van der Waals surface area contributed by atoms with Gasteiger partial charge in [-0.15, -0.1) is 0 Å². The lowest BCUT2D eigenvalue weighted by atomic mass is 10.1. The summed E-state index contributed by atoms with van der Waals surface area (Å²) in [6.07, 6.45) is 0.121. The van der Waals surface area contributed by atoms with Crippen molar-refractivity contribution in [2.24, 2.45) is 0 Å². The van der Waals surface area contributed by atoms with Crippen LogP contribution >= 0.6 is 11.6 Å². The number of aliphatic hydroxyl groups is 1. The number of pyridine rings is 1. The Kier molecular flexibility index (Phi) is 3.36. The van der Waals surface area contributed by atoms with Gasteiger partial charge in [0.1, 0.15) is 17.7 Å². The van der Waals surface area contributed by atoms with E-state index in [9.17, 15) is 13.9 Å². The lowest BCUT2D eigenvalue weighted by molar-refractivity contribution is 0.210. The minimum Gasteiger partial charge on any atom is -0.382 e. The molecular formula is C12H8ClF2NO. The van der Waals surface area contributed by atoms with E-state index in [0.717, 1.165) is 6.07 Å². The van der Waals surface area contributed by atoms with Crippen molar-refractivity contribution in [3.8, 4) is 0 Å². The average molecular weight is 256 g/mol. The Bertz CT molecular complexity index is 548. The van der Waals surface area contributed by atoms with Crippen LogP contribution in [0.3, 0.4) is 0 Å². The number of aromatic nitrogens is 1. The van der Waals surface area contributed by atoms with Crippen LogP contribution in [0.2, 0.25) is 5.02 Å². The van der Waals surface area contributed by atoms with Gasteiger partial charge in [0.15, 0.2) is 0 Å². The van der Waals surface area contributed by atoms with Crippen molar-refractivity contribution >= 4 is 11.6 Å². The fraction of sp³-hybridized carbons (Fsp3) is 0.0833. The summed E-state index contributed by atoms with van der Waals surface area (Å²) in [5.41, 5.74) is 0.0756. The van der Waals surface area contributed by atoms with Crippen molar-refractivity contribution in [1.82, 2.24) is 4.98 Å². The lowest BCUT2D eigenvalue weighted by Crippen LogP contribution is -2.05. The quantitative estimate of drug-likeness (QED) is 0.895. The third-order valence-corrected chi connectivity index (χ3v) is 2.62. The molecule has 0 aliphatic rings. The molecule has 2 nitrogen and oxygen atoms in total. The van der Waals surface area contributed by atoms with E-state index in [1.807, 2.05) is 0 Å². The van der Waals surface area contributed by atoms with Crippen molar-refractivity contribution in [3.63, 3.8) is 0 Å². The second-order valence-electron chi connectivity index (χ2n) is 3.44. The van der Waals surface area contributed by atoms with Crippen molar-refractivity contribution < 1.29 is 13.9 Å². The van der Waals surface area contributed by atoms with E-state index in [1.165, 1.54) is 18.3 Å². The molecule has 0 aliphatic heterocycles. The van der Waals surface area contributed by atoms with Gasteiger partial charge in [-0.05, 0) is 18.2 Å². The van der Waals surface area contributed by atoms with Gasteiger partial charge in [0, 0.05) is 17.8 Å². The Morgan fingerprint density at radius 2 is 2.00 bits per heavy atom. The zero-order valence-electron chi connectivity index (χ0n) is 8.57. The van der Waals surface area contributed by atoms with Crippen LogP contribution < -0.4 is 0 Å². The highest BCUT2D eigenvalue weighted by atomic mass is 35.5. The van der Waals surface area contributed by atoms with Crippen LogP contribution in [0.1, 0.15) is 17.4 Å². The number of hydrogen-bond donors (Lipinski definition) is 1. The first-order valence-corrected chi connectivity index (χ1v) is 5.21. The zero-order valence-corrected chi connectivity index (χ0v) is 9.33. The van der Waals surface area contributed by atoms with Crippen molar-refractivity contribution in [1.29, 1.82) is 0 Å². The Labute approximate surface area is 102 Å². The van der Waals surface area contributed by atoms with Gasteiger partial charge >= 0.3 is 0 Å². The number of rotatable bonds is 2. The molecule has 2 rings (SSSR count). The summed E-state index contributed by atoms with van der Waals surface area (Å²) >= 11 is 5.83. The molecule has 1 aromatic carbocycles. The van der Waals surface area contributed by atoms with Gasteiger partial charge in [0.25, 0.3) is 0 Å². The standard InChI is InChI=1S/C12H8ClF2NO/c13-9-2-1-5-16-11(9)12(17)8-4-3-7(14)6-10(8)15/h1-6,12,17H. The lowest BCUT2D eigenvalue weighted by Gasteiger charge is -2.12. The maximum atomic E-state index is 13.4. The van der Waals surface area contributed by atoms with Crippen LogP contribution in [0.15, 0.2) is 36.5 Å². The summed E-state index contributed by atoms with van der Waals surface area (Å²) in [6.45, 7) is 0. The highest BCUT2D eigenvalue weighted by Gasteiger charge is 2.19. The summed E-state index contributed by atoms with van der Waals surface area (Å²) in [5.74, 6) is -1.54. The smallest absolute Gasteiger partial charge is 0.132 e. The van der Waals surface area contributed by atoms with Crippen LogP contribution in [0.5, 0.6) is 0 Å². The van der Waals surface area contributed by atoms with Crippen LogP contribution in [0, 0.1) is 11.6 Å². The summed E-state index contributed by atoms with van der Waals surface area (Å²) in [6, 6.07) is 6.07. The number of hydrogen-bond acceptors (Lipinski definition) is 2. The van der Waals surface area contributed by atoms with Gasteiger partial charge < -0.3 is 5.11 Å². The van der Waals surface area contributed by atoms with Gasteiger partial charge in [-0.3, -0.25) is 4.98 Å². The minimum absolute atomic E-state index is 0.0630. The molecule has 1 unspecified atom stereocenters. The third-order valence-electron chi connectivity index (χ3n) is 2.30. The first-order valence-electron chi connectivity index (χ1n) is 4.83. The van der Waals surface area contributed by atoms with Gasteiger partial charge in [0.05, 0.1) is 10.7 Å². The van der Waals surface area contributed by atoms with Gasteiger partial charge in [-0.2, -0.15) is 0 Å². The van der Waals surface area contributed by atoms with E-state index >= 15 is 0 Å². The van der Waals surface area contributed by atoms with Gasteiger partial charge in [-0.25, -0.2) is 8.78 Å². The Morgan fingerprint density at radius 1 is 1.24 bits per heavy atom. The molecule has 0 radical (unpaired) electrons. The number of aliphatic hydroxyl groups excluding tert-OH is 1. The molecule has 1 heterocycles. The van der Waals surface area contributed by atoms with Crippen LogP contribution in [0.4, 0.5) is 8.78 Å². The predicted octanol–water partition coefficient (Wildman–Crippen LogP) is 3.09. The molecule has 0 aliphatic carbocycles. The van der Waals surface area contributed by atoms with Crippen LogP contribution in [-0.4, -0.2) is 10.1 Å². The van der Waals surface area contributed by atoms with E-state index in [-0.39, 0.29) is 16.3 Å². The molecule has 17 heavy (non-hydrogen) atoms. The first kappa shape index (κ1) is 12.0. The molecule has 1 atom stereocenters. The van der Waals surface area contributed by atoms with Crippen molar-refractivity contribution in [2.75, 3.05) is 0 Å². The van der Waals surface area contributed by atoms with E-state index in [2.05, 4.69) is 4.98 Å². The minimum atomic E-state index is -1.32. The molecule has 1 N–H and O–H groups in total. The van der Waals surface area contributed by atoms with Crippen molar-refractivity contribution in [2.45, 2.75) is 6.10 Å². The van der Waals surface area contributed by atoms with E-state index in [0.29, 0.717) is 6.07 Å². The molecule has 2 aromatic rings. The molecule has 5 heteroatoms. The van der Waals surface area contributed by atoms with E-state index in [4.69, 9.17) is 11.6 Å². The maximum absolute atomic E-state index is 13.4. The topological polar surface area (TPSA) is 33.1 Å². The molecule has 0 saturated carbocycles. The Balaban J connectivity index is 2.44. The fourth-order valence-corrected chi connectivity index (χ4v) is 1.69. The Hall–Kier alpha value is -1.52. The number of halogens is 3. The zero-order chi connectivity index (χ0) is 12.4. The van der Waals surface area contributed by atoms with Crippen LogP contribution in [0.25, 0.3) is 0 Å². The summed E-state index contributed by atoms with van der Waals surface area (Å²) in [4.78, 5) is 3.88. The summed E-state index contributed by atoms with van der Waals surface area (Å²) in [7, 11) is 0. The summed E-state index contributed by atoms with van der Waals surface area (Å²) in [5, 5.41) is 10.2. The highest BCUT2D eigenvalue weighted by Crippen LogP contribution is 2.27. The van der Waals surface area contributed by atoms with Crippen LogP contribution in [-0.2, 0) is 0 Å². The maximum Gasteiger partial charge on any atom is 0.132 e. The Morgan fingerprint density at radius 3 is 2.65 bits per heavy atom. The third kappa shape index (κ3) is 2.43. The molecule has 0 spiro atoms. The molecule has 0 bridgehead atoms. The number of nitrogens with zero attached hydrogens (tertiary/aromatic N) is 1.